The van der Waals surface area contributed by atoms with Crippen molar-refractivity contribution in [3.05, 3.63) is 35.4 Å². The minimum Gasteiger partial charge on any atom is -0.465 e. The van der Waals surface area contributed by atoms with Crippen molar-refractivity contribution >= 4 is 21.9 Å². The van der Waals surface area contributed by atoms with Crippen LogP contribution in [0.5, 0.6) is 0 Å². The average Bonchev–Trinajstić information content (AvgIpc) is 2.27. The van der Waals surface area contributed by atoms with Crippen LogP contribution >= 0.6 is 15.9 Å². The molecule has 0 fully saturated rings. The number of alkyl halides is 1. The maximum absolute atomic E-state index is 11.1. The van der Waals surface area contributed by atoms with Crippen molar-refractivity contribution in [2.24, 2.45) is 0 Å². The lowest BCUT2D eigenvalue weighted by atomic mass is 10.0. The molecule has 2 nitrogen and oxygen atoms in total. The molecule has 0 bridgehead atoms. The molecule has 1 atom stereocenters. The Morgan fingerprint density at radius 3 is 2.43 bits per heavy atom. The van der Waals surface area contributed by atoms with Crippen LogP contribution in [0.4, 0.5) is 0 Å². The Morgan fingerprint density at radius 1 is 1.43 bits per heavy atom. The molecule has 0 aliphatic heterocycles. The second-order valence-electron chi connectivity index (χ2n) is 3.17. The maximum atomic E-state index is 11.1. The highest BCUT2D eigenvalue weighted by Gasteiger charge is 2.07. The predicted octanol–water partition coefficient (Wildman–Crippen LogP) is 2.97. The standard InChI is InChI=1S/C11H13BrO2/c1-8(7-12)9-3-5-10(6-4-9)11(13)14-2/h3-6,8H,7H2,1-2H3. The molecule has 0 aliphatic rings. The van der Waals surface area contributed by atoms with Crippen LogP contribution in [0, 0.1) is 0 Å². The normalized spacial score (nSPS) is 12.2. The van der Waals surface area contributed by atoms with E-state index < -0.39 is 0 Å². The predicted molar refractivity (Wildman–Crippen MR) is 60.0 cm³/mol. The maximum Gasteiger partial charge on any atom is 0.337 e. The molecule has 0 aromatic heterocycles. The molecule has 0 saturated carbocycles. The van der Waals surface area contributed by atoms with Gasteiger partial charge in [-0.3, -0.25) is 0 Å². The summed E-state index contributed by atoms with van der Waals surface area (Å²) in [6.07, 6.45) is 0. The second-order valence-corrected chi connectivity index (χ2v) is 3.82. The summed E-state index contributed by atoms with van der Waals surface area (Å²) in [5, 5.41) is 0.921. The zero-order valence-electron chi connectivity index (χ0n) is 8.29. The van der Waals surface area contributed by atoms with Crippen LogP contribution in [0.3, 0.4) is 0 Å². The first-order valence-electron chi connectivity index (χ1n) is 4.43. The number of esters is 1. The summed E-state index contributed by atoms with van der Waals surface area (Å²) in [5.74, 6) is 0.171. The van der Waals surface area contributed by atoms with Gasteiger partial charge >= 0.3 is 5.97 Å². The smallest absolute Gasteiger partial charge is 0.337 e. The molecule has 0 spiro atoms. The summed E-state index contributed by atoms with van der Waals surface area (Å²) in [6, 6.07) is 7.50. The molecule has 0 N–H and O–H groups in total. The molecule has 1 unspecified atom stereocenters. The summed E-state index contributed by atoms with van der Waals surface area (Å²) < 4.78 is 4.61. The molecule has 3 heteroatoms. The van der Waals surface area contributed by atoms with Crippen molar-refractivity contribution in [3.8, 4) is 0 Å². The lowest BCUT2D eigenvalue weighted by Gasteiger charge is -2.08. The largest absolute Gasteiger partial charge is 0.465 e. The molecule has 0 radical (unpaired) electrons. The molecule has 14 heavy (non-hydrogen) atoms. The van der Waals surface area contributed by atoms with E-state index in [9.17, 15) is 4.79 Å². The minimum atomic E-state index is -0.289. The summed E-state index contributed by atoms with van der Waals surface area (Å²) in [6.45, 7) is 2.13. The Bertz CT molecular complexity index is 306. The van der Waals surface area contributed by atoms with Crippen molar-refractivity contribution in [1.82, 2.24) is 0 Å². The third kappa shape index (κ3) is 2.58. The van der Waals surface area contributed by atoms with Crippen molar-refractivity contribution in [1.29, 1.82) is 0 Å². The number of methoxy groups -OCH3 is 1. The van der Waals surface area contributed by atoms with Crippen LogP contribution in [0.25, 0.3) is 0 Å². The number of carbonyl (C=O) groups excluding carboxylic acids is 1. The van der Waals surface area contributed by atoms with E-state index in [0.717, 1.165) is 5.33 Å². The molecule has 0 heterocycles. The fraction of sp³-hybridized carbons (Fsp3) is 0.364. The third-order valence-corrected chi connectivity index (χ3v) is 3.10. The summed E-state index contributed by atoms with van der Waals surface area (Å²) in [5.41, 5.74) is 1.81. The molecule has 1 aromatic rings. The second kappa shape index (κ2) is 5.15. The fourth-order valence-corrected chi connectivity index (χ4v) is 1.53. The van der Waals surface area contributed by atoms with E-state index in [1.807, 2.05) is 12.1 Å². The number of rotatable bonds is 3. The first-order chi connectivity index (χ1) is 6.69. The molecule has 0 amide bonds. The average molecular weight is 257 g/mol. The molecule has 0 saturated heterocycles. The first kappa shape index (κ1) is 11.2. The first-order valence-corrected chi connectivity index (χ1v) is 5.55. The van der Waals surface area contributed by atoms with Gasteiger partial charge in [0.2, 0.25) is 0 Å². The van der Waals surface area contributed by atoms with Crippen molar-refractivity contribution in [2.45, 2.75) is 12.8 Å². The highest BCUT2D eigenvalue weighted by atomic mass is 79.9. The summed E-state index contributed by atoms with van der Waals surface area (Å²) >= 11 is 3.42. The van der Waals surface area contributed by atoms with Gasteiger partial charge < -0.3 is 4.74 Å². The van der Waals surface area contributed by atoms with Gasteiger partial charge in [-0.15, -0.1) is 0 Å². The number of carbonyl (C=O) groups is 1. The van der Waals surface area contributed by atoms with Gasteiger partial charge in [0.15, 0.2) is 0 Å². The number of hydrogen-bond donors (Lipinski definition) is 0. The van der Waals surface area contributed by atoms with Gasteiger partial charge in [0, 0.05) is 5.33 Å². The highest BCUT2D eigenvalue weighted by Crippen LogP contribution is 2.17. The number of ether oxygens (including phenoxy) is 1. The van der Waals surface area contributed by atoms with Crippen molar-refractivity contribution < 1.29 is 9.53 Å². The SMILES string of the molecule is COC(=O)c1ccc(C(C)CBr)cc1. The van der Waals surface area contributed by atoms with E-state index in [4.69, 9.17) is 0 Å². The Kier molecular flexibility index (Phi) is 4.14. The minimum absolute atomic E-state index is 0.289. The van der Waals surface area contributed by atoms with E-state index in [1.54, 1.807) is 12.1 Å². The van der Waals surface area contributed by atoms with Gasteiger partial charge in [-0.05, 0) is 23.6 Å². The van der Waals surface area contributed by atoms with E-state index in [-0.39, 0.29) is 5.97 Å². The zero-order chi connectivity index (χ0) is 10.6. The number of hydrogen-bond acceptors (Lipinski definition) is 2. The Morgan fingerprint density at radius 2 is 2.00 bits per heavy atom. The van der Waals surface area contributed by atoms with E-state index in [2.05, 4.69) is 27.6 Å². The summed E-state index contributed by atoms with van der Waals surface area (Å²) in [7, 11) is 1.39. The molecular formula is C11H13BrO2. The van der Waals surface area contributed by atoms with Gasteiger partial charge in [0.25, 0.3) is 0 Å². The van der Waals surface area contributed by atoms with Gasteiger partial charge in [0.05, 0.1) is 12.7 Å². The van der Waals surface area contributed by atoms with Crippen LogP contribution in [0.15, 0.2) is 24.3 Å². The topological polar surface area (TPSA) is 26.3 Å². The molecule has 0 aliphatic carbocycles. The van der Waals surface area contributed by atoms with Gasteiger partial charge in [-0.1, -0.05) is 35.0 Å². The van der Waals surface area contributed by atoms with E-state index in [1.165, 1.54) is 12.7 Å². The molecule has 1 rings (SSSR count). The Labute approximate surface area is 92.4 Å². The lowest BCUT2D eigenvalue weighted by molar-refractivity contribution is 0.0600. The van der Waals surface area contributed by atoms with Gasteiger partial charge in [-0.25, -0.2) is 4.79 Å². The molecule has 1 aromatic carbocycles. The quantitative estimate of drug-likeness (QED) is 0.614. The van der Waals surface area contributed by atoms with Crippen LogP contribution in [0.1, 0.15) is 28.8 Å². The Hall–Kier alpha value is -0.830. The number of halogens is 1. The highest BCUT2D eigenvalue weighted by molar-refractivity contribution is 9.09. The lowest BCUT2D eigenvalue weighted by Crippen LogP contribution is -2.02. The Balaban J connectivity index is 2.83. The van der Waals surface area contributed by atoms with Crippen LogP contribution in [0.2, 0.25) is 0 Å². The van der Waals surface area contributed by atoms with Crippen LogP contribution < -0.4 is 0 Å². The van der Waals surface area contributed by atoms with Gasteiger partial charge in [0.1, 0.15) is 0 Å². The van der Waals surface area contributed by atoms with E-state index >= 15 is 0 Å². The molecule has 76 valence electrons. The van der Waals surface area contributed by atoms with Crippen molar-refractivity contribution in [2.75, 3.05) is 12.4 Å². The van der Waals surface area contributed by atoms with Gasteiger partial charge in [-0.2, -0.15) is 0 Å². The molecular weight excluding hydrogens is 244 g/mol. The van der Waals surface area contributed by atoms with Crippen LogP contribution in [-0.4, -0.2) is 18.4 Å². The summed E-state index contributed by atoms with van der Waals surface area (Å²) in [4.78, 5) is 11.1. The fourth-order valence-electron chi connectivity index (χ4n) is 1.15. The third-order valence-electron chi connectivity index (χ3n) is 2.13. The number of benzene rings is 1. The monoisotopic (exact) mass is 256 g/mol. The zero-order valence-corrected chi connectivity index (χ0v) is 9.87. The van der Waals surface area contributed by atoms with E-state index in [0.29, 0.717) is 11.5 Å². The van der Waals surface area contributed by atoms with Crippen LogP contribution in [-0.2, 0) is 4.74 Å². The van der Waals surface area contributed by atoms with Crippen molar-refractivity contribution in [3.63, 3.8) is 0 Å².